The second-order valence-corrected chi connectivity index (χ2v) is 5.75. The molecule has 1 unspecified atom stereocenters. The van der Waals surface area contributed by atoms with Crippen LogP contribution in [0.4, 0.5) is 4.79 Å². The van der Waals surface area contributed by atoms with Crippen LogP contribution in [0.15, 0.2) is 18.2 Å². The summed E-state index contributed by atoms with van der Waals surface area (Å²) in [6.07, 6.45) is 1.22. The van der Waals surface area contributed by atoms with Crippen molar-refractivity contribution in [3.8, 4) is 0 Å². The first-order valence-corrected chi connectivity index (χ1v) is 6.95. The lowest BCUT2D eigenvalue weighted by atomic mass is 9.75. The molecule has 2 aliphatic heterocycles. The van der Waals surface area contributed by atoms with Crippen LogP contribution in [0.5, 0.6) is 0 Å². The molecule has 2 aliphatic rings. The molecule has 2 N–H and O–H groups in total. The summed E-state index contributed by atoms with van der Waals surface area (Å²) in [5, 5.41) is 11.5. The zero-order valence-electron chi connectivity index (χ0n) is 10.1. The summed E-state index contributed by atoms with van der Waals surface area (Å²) in [6.45, 7) is 0.418. The highest BCUT2D eigenvalue weighted by molar-refractivity contribution is 8.15. The van der Waals surface area contributed by atoms with Crippen LogP contribution in [0.2, 0.25) is 0 Å². The van der Waals surface area contributed by atoms with Crippen LogP contribution in [0.1, 0.15) is 17.5 Å². The third-order valence-electron chi connectivity index (χ3n) is 3.37. The maximum Gasteiger partial charge on any atom is 0.492 e. The van der Waals surface area contributed by atoms with Gasteiger partial charge in [0.05, 0.1) is 11.9 Å². The Kier molecular flexibility index (Phi) is 3.34. The van der Waals surface area contributed by atoms with Crippen molar-refractivity contribution in [3.63, 3.8) is 0 Å². The maximum atomic E-state index is 11.5. The van der Waals surface area contributed by atoms with Crippen molar-refractivity contribution in [3.05, 3.63) is 29.3 Å². The van der Waals surface area contributed by atoms with Gasteiger partial charge in [-0.1, -0.05) is 30.0 Å². The molecule has 0 aliphatic carbocycles. The molecule has 0 radical (unpaired) electrons. The Balaban J connectivity index is 1.73. The molecule has 7 heteroatoms. The number of aryl methyl sites for hydroxylation is 1. The number of carbonyl (C=O) groups is 2. The lowest BCUT2D eigenvalue weighted by molar-refractivity contribution is -0.119. The number of carbonyl (C=O) groups excluding carboxylic acids is 2. The molecular weight excluding hydrogens is 265 g/mol. The van der Waals surface area contributed by atoms with Gasteiger partial charge in [0.2, 0.25) is 5.91 Å². The number of nitrogens with one attached hydrogen (secondary N) is 1. The van der Waals surface area contributed by atoms with Crippen molar-refractivity contribution in [2.24, 2.45) is 0 Å². The summed E-state index contributed by atoms with van der Waals surface area (Å²) in [4.78, 5) is 22.6. The fourth-order valence-corrected chi connectivity index (χ4v) is 3.27. The van der Waals surface area contributed by atoms with Crippen LogP contribution in [0, 0.1) is 0 Å². The van der Waals surface area contributed by atoms with E-state index in [9.17, 15) is 14.6 Å². The smallest absolute Gasteiger partial charge is 0.423 e. The molecule has 0 aromatic heterocycles. The lowest BCUT2D eigenvalue weighted by Gasteiger charge is -2.09. The van der Waals surface area contributed by atoms with Crippen LogP contribution in [-0.2, 0) is 22.5 Å². The van der Waals surface area contributed by atoms with Gasteiger partial charge >= 0.3 is 7.12 Å². The largest absolute Gasteiger partial charge is 0.492 e. The maximum absolute atomic E-state index is 11.5. The second kappa shape index (κ2) is 4.99. The van der Waals surface area contributed by atoms with Gasteiger partial charge in [-0.15, -0.1) is 0 Å². The van der Waals surface area contributed by atoms with E-state index >= 15 is 0 Å². The molecule has 0 spiro atoms. The van der Waals surface area contributed by atoms with Gasteiger partial charge in [0.15, 0.2) is 0 Å². The van der Waals surface area contributed by atoms with E-state index in [1.54, 1.807) is 0 Å². The predicted molar refractivity (Wildman–Crippen MR) is 72.1 cm³/mol. The summed E-state index contributed by atoms with van der Waals surface area (Å²) in [5.74, 6) is -0.223. The van der Waals surface area contributed by atoms with E-state index in [-0.39, 0.29) is 16.4 Å². The molecular formula is C12H12BNO4S. The van der Waals surface area contributed by atoms with Crippen molar-refractivity contribution in [2.75, 3.05) is 0 Å². The number of imide groups is 1. The molecule has 2 amide bonds. The Morgan fingerprint density at radius 3 is 3.05 bits per heavy atom. The number of amides is 2. The van der Waals surface area contributed by atoms with Gasteiger partial charge in [-0.2, -0.15) is 0 Å². The van der Waals surface area contributed by atoms with E-state index in [1.165, 1.54) is 0 Å². The zero-order valence-corrected chi connectivity index (χ0v) is 10.9. The SMILES string of the molecule is O=C1NC(=O)C(CCc2cccc3c2B(O)OC3)S1. The number of hydrogen-bond acceptors (Lipinski definition) is 5. The number of hydrogen-bond donors (Lipinski definition) is 2. The normalized spacial score (nSPS) is 21.7. The summed E-state index contributed by atoms with van der Waals surface area (Å²) >= 11 is 1.03. The van der Waals surface area contributed by atoms with Crippen molar-refractivity contribution in [1.29, 1.82) is 0 Å². The standard InChI is InChI=1S/C12H12BNO4S/c15-11-9(19-12(16)14-11)5-4-7-2-1-3-8-6-18-13(17)10(7)8/h1-3,9,17H,4-6H2,(H,14,15,16). The quantitative estimate of drug-likeness (QED) is 0.771. The molecule has 0 saturated carbocycles. The fourth-order valence-electron chi connectivity index (χ4n) is 2.45. The monoisotopic (exact) mass is 277 g/mol. The Hall–Kier alpha value is -1.31. The number of thioether (sulfide) groups is 1. The van der Waals surface area contributed by atoms with E-state index in [2.05, 4.69) is 5.32 Å². The molecule has 1 atom stereocenters. The molecule has 98 valence electrons. The first kappa shape index (κ1) is 12.7. The molecule has 1 aromatic carbocycles. The van der Waals surface area contributed by atoms with Crippen LogP contribution in [0.3, 0.4) is 0 Å². The molecule has 1 fully saturated rings. The number of benzene rings is 1. The molecule has 1 aromatic rings. The van der Waals surface area contributed by atoms with E-state index in [1.807, 2.05) is 18.2 Å². The topological polar surface area (TPSA) is 75.6 Å². The van der Waals surface area contributed by atoms with Gasteiger partial charge in [0.1, 0.15) is 0 Å². The Morgan fingerprint density at radius 1 is 1.47 bits per heavy atom. The summed E-state index contributed by atoms with van der Waals surface area (Å²) in [7, 11) is -0.877. The van der Waals surface area contributed by atoms with Gasteiger partial charge in [-0.3, -0.25) is 14.9 Å². The lowest BCUT2D eigenvalue weighted by Crippen LogP contribution is -2.32. The first-order valence-electron chi connectivity index (χ1n) is 6.07. The van der Waals surface area contributed by atoms with Gasteiger partial charge in [0, 0.05) is 0 Å². The predicted octanol–water partition coefficient (Wildman–Crippen LogP) is 0.188. The summed E-state index contributed by atoms with van der Waals surface area (Å²) in [5.41, 5.74) is 2.79. The Labute approximate surface area is 114 Å². The average Bonchev–Trinajstić information content (AvgIpc) is 2.91. The average molecular weight is 277 g/mol. The van der Waals surface area contributed by atoms with Crippen molar-refractivity contribution >= 4 is 35.5 Å². The molecule has 3 rings (SSSR count). The van der Waals surface area contributed by atoms with Crippen molar-refractivity contribution in [1.82, 2.24) is 5.32 Å². The third kappa shape index (κ3) is 2.41. The van der Waals surface area contributed by atoms with Gasteiger partial charge < -0.3 is 9.68 Å². The second-order valence-electron chi connectivity index (χ2n) is 4.58. The molecule has 2 heterocycles. The highest BCUT2D eigenvalue weighted by Crippen LogP contribution is 2.24. The van der Waals surface area contributed by atoms with E-state index in [0.717, 1.165) is 28.4 Å². The van der Waals surface area contributed by atoms with E-state index in [4.69, 9.17) is 4.65 Å². The van der Waals surface area contributed by atoms with Gasteiger partial charge in [-0.05, 0) is 29.4 Å². The first-order chi connectivity index (χ1) is 9.15. The van der Waals surface area contributed by atoms with Crippen LogP contribution >= 0.6 is 11.8 Å². The summed E-state index contributed by atoms with van der Waals surface area (Å²) < 4.78 is 5.19. The van der Waals surface area contributed by atoms with E-state index in [0.29, 0.717) is 19.4 Å². The Morgan fingerprint density at radius 2 is 2.32 bits per heavy atom. The minimum atomic E-state index is -0.877. The fraction of sp³-hybridized carbons (Fsp3) is 0.333. The third-order valence-corrected chi connectivity index (χ3v) is 4.42. The Bertz CT molecular complexity index is 551. The minimum absolute atomic E-state index is 0.223. The van der Waals surface area contributed by atoms with E-state index < -0.39 is 7.12 Å². The van der Waals surface area contributed by atoms with Crippen molar-refractivity contribution in [2.45, 2.75) is 24.7 Å². The van der Waals surface area contributed by atoms with Crippen LogP contribution in [0.25, 0.3) is 0 Å². The van der Waals surface area contributed by atoms with Gasteiger partial charge in [0.25, 0.3) is 5.24 Å². The summed E-state index contributed by atoms with van der Waals surface area (Å²) in [6, 6.07) is 5.77. The molecule has 5 nitrogen and oxygen atoms in total. The molecule has 19 heavy (non-hydrogen) atoms. The van der Waals surface area contributed by atoms with Crippen LogP contribution < -0.4 is 10.8 Å². The number of fused-ring (bicyclic) bond motifs is 1. The van der Waals surface area contributed by atoms with Gasteiger partial charge in [-0.25, -0.2) is 0 Å². The van der Waals surface area contributed by atoms with Crippen LogP contribution in [-0.4, -0.2) is 28.5 Å². The minimum Gasteiger partial charge on any atom is -0.423 e. The zero-order chi connectivity index (χ0) is 13.4. The highest BCUT2D eigenvalue weighted by atomic mass is 32.2. The molecule has 0 bridgehead atoms. The highest BCUT2D eigenvalue weighted by Gasteiger charge is 2.33. The van der Waals surface area contributed by atoms with Crippen molar-refractivity contribution < 1.29 is 19.3 Å². The molecule has 1 saturated heterocycles. The number of rotatable bonds is 3.